The Morgan fingerprint density at radius 3 is 2.25 bits per heavy atom. The molecule has 0 aliphatic rings. The Bertz CT molecular complexity index is 618. The molecule has 0 aromatic heterocycles. The van der Waals surface area contributed by atoms with Crippen molar-refractivity contribution in [3.63, 3.8) is 0 Å². The van der Waals surface area contributed by atoms with Crippen molar-refractivity contribution in [3.8, 4) is 0 Å². The summed E-state index contributed by atoms with van der Waals surface area (Å²) >= 11 is 0. The van der Waals surface area contributed by atoms with E-state index >= 15 is 0 Å². The molecule has 20 heavy (non-hydrogen) atoms. The van der Waals surface area contributed by atoms with Crippen LogP contribution < -0.4 is 0 Å². The smallest absolute Gasteiger partial charge is 0.163 e. The number of ketones is 1. The highest BCUT2D eigenvalue weighted by Gasteiger charge is 2.10. The lowest BCUT2D eigenvalue weighted by atomic mass is 9.96. The molecule has 0 saturated carbocycles. The van der Waals surface area contributed by atoms with E-state index in [1.807, 2.05) is 19.1 Å². The molecule has 0 heterocycles. The number of aryl methyl sites for hydroxylation is 4. The summed E-state index contributed by atoms with van der Waals surface area (Å²) in [5.74, 6) is 0.241. The lowest BCUT2D eigenvalue weighted by Gasteiger charge is -2.08. The molecule has 1 nitrogen and oxygen atoms in total. The Hall–Kier alpha value is -1.89. The normalized spacial score (nSPS) is 10.6. The summed E-state index contributed by atoms with van der Waals surface area (Å²) in [6.07, 6.45) is 1.39. The van der Waals surface area contributed by atoms with Crippen molar-refractivity contribution in [2.45, 2.75) is 40.5 Å². The van der Waals surface area contributed by atoms with Crippen LogP contribution in [0.4, 0.5) is 0 Å². The second-order valence-corrected chi connectivity index (χ2v) is 5.67. The molecule has 2 aromatic carbocycles. The van der Waals surface area contributed by atoms with Gasteiger partial charge < -0.3 is 0 Å². The fourth-order valence-corrected chi connectivity index (χ4v) is 2.66. The Labute approximate surface area is 121 Å². The second kappa shape index (κ2) is 6.04. The molecule has 0 aliphatic heterocycles. The first-order valence-corrected chi connectivity index (χ1v) is 7.14. The average molecular weight is 266 g/mol. The fourth-order valence-electron chi connectivity index (χ4n) is 2.66. The molecule has 0 saturated heterocycles. The molecule has 0 unspecified atom stereocenters. The van der Waals surface area contributed by atoms with Crippen LogP contribution in [0.3, 0.4) is 0 Å². The van der Waals surface area contributed by atoms with Gasteiger partial charge in [0.15, 0.2) is 5.78 Å². The Balaban J connectivity index is 2.10. The molecule has 0 bridgehead atoms. The molecule has 0 amide bonds. The second-order valence-electron chi connectivity index (χ2n) is 5.67. The van der Waals surface area contributed by atoms with Crippen LogP contribution in [-0.4, -0.2) is 5.78 Å². The van der Waals surface area contributed by atoms with E-state index in [2.05, 4.69) is 45.0 Å². The lowest BCUT2D eigenvalue weighted by Crippen LogP contribution is -2.04. The number of Topliss-reactive ketones (excluding diaryl/α,β-unsaturated/α-hetero) is 1. The minimum atomic E-state index is 0.241. The number of hydrogen-bond donors (Lipinski definition) is 0. The number of hydrogen-bond acceptors (Lipinski definition) is 1. The predicted molar refractivity (Wildman–Crippen MR) is 84.5 cm³/mol. The molecule has 1 heteroatoms. The molecular weight excluding hydrogens is 244 g/mol. The lowest BCUT2D eigenvalue weighted by molar-refractivity contribution is 0.0982. The summed E-state index contributed by atoms with van der Waals surface area (Å²) in [6, 6.07) is 12.5. The number of carbonyl (C=O) groups excluding carboxylic acids is 1. The summed E-state index contributed by atoms with van der Waals surface area (Å²) in [5.41, 5.74) is 6.94. The van der Waals surface area contributed by atoms with E-state index in [1.165, 1.54) is 22.3 Å². The number of rotatable bonds is 4. The fraction of sp³-hybridized carbons (Fsp3) is 0.316. The van der Waals surface area contributed by atoms with Gasteiger partial charge in [0.05, 0.1) is 0 Å². The van der Waals surface area contributed by atoms with Crippen LogP contribution in [-0.2, 0) is 6.42 Å². The quantitative estimate of drug-likeness (QED) is 0.731. The van der Waals surface area contributed by atoms with Crippen molar-refractivity contribution in [2.24, 2.45) is 0 Å². The zero-order valence-corrected chi connectivity index (χ0v) is 12.8. The van der Waals surface area contributed by atoms with Crippen molar-refractivity contribution in [2.75, 3.05) is 0 Å². The number of benzene rings is 2. The maximum absolute atomic E-state index is 12.4. The van der Waals surface area contributed by atoms with Crippen molar-refractivity contribution in [3.05, 3.63) is 69.8 Å². The molecule has 0 atom stereocenters. The summed E-state index contributed by atoms with van der Waals surface area (Å²) in [5, 5.41) is 0. The van der Waals surface area contributed by atoms with Crippen molar-refractivity contribution >= 4 is 5.78 Å². The highest BCUT2D eigenvalue weighted by molar-refractivity contribution is 5.97. The van der Waals surface area contributed by atoms with Gasteiger partial charge in [0, 0.05) is 12.0 Å². The van der Waals surface area contributed by atoms with E-state index < -0.39 is 0 Å². The van der Waals surface area contributed by atoms with E-state index in [4.69, 9.17) is 0 Å². The third kappa shape index (κ3) is 3.36. The zero-order valence-electron chi connectivity index (χ0n) is 12.8. The zero-order chi connectivity index (χ0) is 14.7. The third-order valence-electron chi connectivity index (χ3n) is 3.83. The van der Waals surface area contributed by atoms with Crippen LogP contribution in [0, 0.1) is 27.7 Å². The summed E-state index contributed by atoms with van der Waals surface area (Å²) in [4.78, 5) is 12.4. The van der Waals surface area contributed by atoms with Gasteiger partial charge >= 0.3 is 0 Å². The minimum Gasteiger partial charge on any atom is -0.294 e. The van der Waals surface area contributed by atoms with Crippen molar-refractivity contribution in [1.29, 1.82) is 0 Å². The van der Waals surface area contributed by atoms with Gasteiger partial charge in [0.2, 0.25) is 0 Å². The molecule has 104 valence electrons. The molecule has 0 radical (unpaired) electrons. The van der Waals surface area contributed by atoms with Crippen molar-refractivity contribution in [1.82, 2.24) is 0 Å². The van der Waals surface area contributed by atoms with Crippen LogP contribution >= 0.6 is 0 Å². The van der Waals surface area contributed by atoms with Gasteiger partial charge in [-0.3, -0.25) is 4.79 Å². The van der Waals surface area contributed by atoms with Gasteiger partial charge in [-0.05, 0) is 50.8 Å². The van der Waals surface area contributed by atoms with Crippen LogP contribution in [0.25, 0.3) is 0 Å². The van der Waals surface area contributed by atoms with Crippen LogP contribution in [0.2, 0.25) is 0 Å². The first kappa shape index (κ1) is 14.5. The Morgan fingerprint density at radius 2 is 1.60 bits per heavy atom. The molecule has 2 rings (SSSR count). The van der Waals surface area contributed by atoms with Crippen LogP contribution in [0.15, 0.2) is 36.4 Å². The largest absolute Gasteiger partial charge is 0.294 e. The van der Waals surface area contributed by atoms with Gasteiger partial charge in [-0.1, -0.05) is 47.5 Å². The van der Waals surface area contributed by atoms with Crippen LogP contribution in [0.5, 0.6) is 0 Å². The molecular formula is C19H22O. The Kier molecular flexibility index (Phi) is 4.39. The number of carbonyl (C=O) groups is 1. The molecule has 0 aliphatic carbocycles. The maximum Gasteiger partial charge on any atom is 0.163 e. The van der Waals surface area contributed by atoms with E-state index in [0.717, 1.165) is 17.5 Å². The van der Waals surface area contributed by atoms with Crippen LogP contribution in [0.1, 0.15) is 44.6 Å². The van der Waals surface area contributed by atoms with E-state index in [9.17, 15) is 4.79 Å². The monoisotopic (exact) mass is 266 g/mol. The summed E-state index contributed by atoms with van der Waals surface area (Å²) in [6.45, 7) is 8.28. The molecule has 0 N–H and O–H groups in total. The minimum absolute atomic E-state index is 0.241. The summed E-state index contributed by atoms with van der Waals surface area (Å²) in [7, 11) is 0. The van der Waals surface area contributed by atoms with E-state index in [-0.39, 0.29) is 5.78 Å². The first-order valence-electron chi connectivity index (χ1n) is 7.14. The van der Waals surface area contributed by atoms with E-state index in [1.54, 1.807) is 0 Å². The Morgan fingerprint density at radius 1 is 0.950 bits per heavy atom. The van der Waals surface area contributed by atoms with Gasteiger partial charge in [-0.25, -0.2) is 0 Å². The summed E-state index contributed by atoms with van der Waals surface area (Å²) < 4.78 is 0. The third-order valence-corrected chi connectivity index (χ3v) is 3.83. The standard InChI is InChI=1S/C19H22O/c1-13-10-14(2)12-17(11-13)8-9-19(20)18-7-5-6-15(3)16(18)4/h5-7,10-12H,8-9H2,1-4H3. The topological polar surface area (TPSA) is 17.1 Å². The SMILES string of the molecule is Cc1cc(C)cc(CCC(=O)c2cccc(C)c2C)c1. The molecule has 2 aromatic rings. The molecule has 0 spiro atoms. The van der Waals surface area contributed by atoms with Gasteiger partial charge in [0.1, 0.15) is 0 Å². The van der Waals surface area contributed by atoms with Gasteiger partial charge in [-0.2, -0.15) is 0 Å². The highest BCUT2D eigenvalue weighted by atomic mass is 16.1. The average Bonchev–Trinajstić information content (AvgIpc) is 2.38. The van der Waals surface area contributed by atoms with E-state index in [0.29, 0.717) is 6.42 Å². The van der Waals surface area contributed by atoms with Gasteiger partial charge in [0.25, 0.3) is 0 Å². The van der Waals surface area contributed by atoms with Crippen molar-refractivity contribution < 1.29 is 4.79 Å². The first-order chi connectivity index (χ1) is 9.47. The van der Waals surface area contributed by atoms with Gasteiger partial charge in [-0.15, -0.1) is 0 Å². The highest BCUT2D eigenvalue weighted by Crippen LogP contribution is 2.17. The molecule has 0 fully saturated rings. The predicted octanol–water partition coefficient (Wildman–Crippen LogP) is 4.74. The maximum atomic E-state index is 12.4.